The van der Waals surface area contributed by atoms with Crippen LogP contribution in [0.5, 0.6) is 0 Å². The van der Waals surface area contributed by atoms with E-state index in [2.05, 4.69) is 5.32 Å². The number of hydrogen-bond donors (Lipinski definition) is 1. The van der Waals surface area contributed by atoms with Gasteiger partial charge in [0.25, 0.3) is 10.0 Å². The molecule has 2 saturated heterocycles. The van der Waals surface area contributed by atoms with E-state index >= 15 is 0 Å². The first-order valence-corrected chi connectivity index (χ1v) is 14.4. The Labute approximate surface area is 237 Å². The monoisotopic (exact) mass is 610 g/mol. The lowest BCUT2D eigenvalue weighted by Gasteiger charge is -2.41. The van der Waals surface area contributed by atoms with Crippen molar-refractivity contribution < 1.29 is 44.8 Å². The number of urea groups is 1. The van der Waals surface area contributed by atoms with E-state index in [1.165, 1.54) is 17.0 Å². The molecule has 3 heterocycles. The minimum Gasteiger partial charge on any atom is -0.443 e. The van der Waals surface area contributed by atoms with Gasteiger partial charge in [0, 0.05) is 42.8 Å². The molecule has 15 heteroatoms. The molecule has 0 saturated carbocycles. The highest BCUT2D eigenvalue weighted by molar-refractivity contribution is 7.89. The third-order valence-corrected chi connectivity index (χ3v) is 9.03. The first kappa shape index (κ1) is 29.5. The quantitative estimate of drug-likeness (QED) is 0.405. The number of rotatable bonds is 7. The lowest BCUT2D eigenvalue weighted by molar-refractivity contribution is -0.137. The molecule has 0 aliphatic carbocycles. The number of carbonyl (C=O) groups excluding carboxylic acids is 3. The van der Waals surface area contributed by atoms with E-state index in [1.807, 2.05) is 0 Å². The second-order valence-electron chi connectivity index (χ2n) is 10.3. The predicted molar refractivity (Wildman–Crippen MR) is 141 cm³/mol. The molecule has 4 amide bonds. The van der Waals surface area contributed by atoms with Gasteiger partial charge in [-0.05, 0) is 62.7 Å². The number of alkyl halides is 3. The number of furan rings is 1. The van der Waals surface area contributed by atoms with Crippen molar-refractivity contribution in [2.45, 2.75) is 43.6 Å². The summed E-state index contributed by atoms with van der Waals surface area (Å²) in [6.07, 6.45) is -4.37. The Kier molecular flexibility index (Phi) is 7.51. The molecular weight excluding hydrogens is 584 g/mol. The number of nitrogens with zero attached hydrogens (tertiary/aromatic N) is 3. The Hall–Kier alpha value is -3.98. The summed E-state index contributed by atoms with van der Waals surface area (Å²) in [6.45, 7) is 2.77. The third-order valence-electron chi connectivity index (χ3n) is 7.26. The Morgan fingerprint density at radius 3 is 2.38 bits per heavy atom. The van der Waals surface area contributed by atoms with Crippen molar-refractivity contribution in [2.75, 3.05) is 24.5 Å². The van der Waals surface area contributed by atoms with Crippen LogP contribution < -0.4 is 10.2 Å². The fraction of sp³-hybridized carbons (Fsp3) is 0.370. The van der Waals surface area contributed by atoms with Crippen molar-refractivity contribution in [1.29, 1.82) is 0 Å². The van der Waals surface area contributed by atoms with Crippen LogP contribution in [-0.2, 0) is 25.8 Å². The lowest BCUT2D eigenvalue weighted by Crippen LogP contribution is -2.62. The summed E-state index contributed by atoms with van der Waals surface area (Å²) in [5.41, 5.74) is -0.593. The maximum atomic E-state index is 13.5. The van der Waals surface area contributed by atoms with E-state index in [1.54, 1.807) is 13.8 Å². The molecule has 2 aromatic carbocycles. The van der Waals surface area contributed by atoms with Crippen LogP contribution in [0.4, 0.5) is 28.0 Å². The number of nitrogens with one attached hydrogen (secondary N) is 1. The highest BCUT2D eigenvalue weighted by atomic mass is 32.2. The lowest BCUT2D eigenvalue weighted by atomic mass is 10.0. The van der Waals surface area contributed by atoms with Crippen molar-refractivity contribution in [1.82, 2.24) is 14.5 Å². The first-order valence-electron chi connectivity index (χ1n) is 13.0. The van der Waals surface area contributed by atoms with Crippen LogP contribution in [0.15, 0.2) is 58.0 Å². The van der Waals surface area contributed by atoms with Crippen molar-refractivity contribution in [3.63, 3.8) is 0 Å². The largest absolute Gasteiger partial charge is 0.443 e. The zero-order chi connectivity index (χ0) is 30.6. The van der Waals surface area contributed by atoms with Crippen LogP contribution >= 0.6 is 0 Å². The van der Waals surface area contributed by atoms with Crippen LogP contribution in [0.3, 0.4) is 0 Å². The number of sulfonamides is 1. The fourth-order valence-electron chi connectivity index (χ4n) is 4.96. The number of benzene rings is 2. The van der Waals surface area contributed by atoms with Crippen LogP contribution in [0.2, 0.25) is 0 Å². The van der Waals surface area contributed by atoms with Gasteiger partial charge in [0.05, 0.1) is 11.5 Å². The molecule has 2 aliphatic heterocycles. The molecular formula is C27H26F4N4O6S. The normalized spacial score (nSPS) is 20.4. The topological polar surface area (TPSA) is 120 Å². The van der Waals surface area contributed by atoms with Gasteiger partial charge < -0.3 is 9.73 Å². The molecule has 3 aromatic rings. The average Bonchev–Trinajstić information content (AvgIpc) is 3.31. The molecule has 1 N–H and O–H groups in total. The summed E-state index contributed by atoms with van der Waals surface area (Å²) in [5, 5.41) is 2.39. The fourth-order valence-corrected chi connectivity index (χ4v) is 6.54. The number of hydrogen-bond acceptors (Lipinski definition) is 6. The van der Waals surface area contributed by atoms with Gasteiger partial charge in [-0.25, -0.2) is 17.6 Å². The molecule has 224 valence electrons. The van der Waals surface area contributed by atoms with Crippen molar-refractivity contribution in [2.24, 2.45) is 5.92 Å². The van der Waals surface area contributed by atoms with Crippen molar-refractivity contribution in [3.05, 3.63) is 59.9 Å². The van der Waals surface area contributed by atoms with Crippen molar-refractivity contribution in [3.8, 4) is 0 Å². The molecule has 5 rings (SSSR count). The number of halogens is 4. The summed E-state index contributed by atoms with van der Waals surface area (Å²) < 4.78 is 85.3. The van der Waals surface area contributed by atoms with Gasteiger partial charge in [0.2, 0.25) is 16.9 Å². The third kappa shape index (κ3) is 5.33. The molecule has 0 spiro atoms. The van der Waals surface area contributed by atoms with E-state index in [9.17, 15) is 40.4 Å². The minimum atomic E-state index is -4.57. The van der Waals surface area contributed by atoms with E-state index in [4.69, 9.17) is 4.42 Å². The van der Waals surface area contributed by atoms with Gasteiger partial charge in [0.1, 0.15) is 17.4 Å². The summed E-state index contributed by atoms with van der Waals surface area (Å²) in [4.78, 5) is 41.4. The predicted octanol–water partition coefficient (Wildman–Crippen LogP) is 3.96. The summed E-state index contributed by atoms with van der Waals surface area (Å²) in [7, 11) is -4.24. The average molecular weight is 611 g/mol. The van der Waals surface area contributed by atoms with Gasteiger partial charge in [0.15, 0.2) is 0 Å². The Bertz CT molecular complexity index is 1650. The Balaban J connectivity index is 1.30. The smallest absolute Gasteiger partial charge is 0.416 e. The van der Waals surface area contributed by atoms with E-state index < -0.39 is 68.5 Å². The number of carbonyl (C=O) groups is 3. The molecule has 1 unspecified atom stereocenters. The maximum Gasteiger partial charge on any atom is 0.416 e. The molecule has 2 fully saturated rings. The van der Waals surface area contributed by atoms with Gasteiger partial charge in [-0.1, -0.05) is 0 Å². The van der Waals surface area contributed by atoms with E-state index in [-0.39, 0.29) is 42.7 Å². The Morgan fingerprint density at radius 1 is 1.10 bits per heavy atom. The molecule has 42 heavy (non-hydrogen) atoms. The standard InChI is InChI=1S/C27H26F4N4O6S/c1-15(2)35-25(37)17(14-33(26(35)38)20-6-3-18(4-7-20)27(29,30)31)13-32-24(36)21-9-10-34(21)42(39,40)23-12-16-11-19(28)5-8-22(16)41-23/h3-8,11-12,15,17,21H,9-10,13-14H2,1-2H3,(H,32,36)/t17?,21-/m0/s1. The molecule has 0 bridgehead atoms. The van der Waals surface area contributed by atoms with Gasteiger partial charge in [-0.15, -0.1) is 0 Å². The zero-order valence-electron chi connectivity index (χ0n) is 22.4. The second kappa shape index (κ2) is 10.7. The highest BCUT2D eigenvalue weighted by Crippen LogP contribution is 2.33. The Morgan fingerprint density at radius 2 is 1.79 bits per heavy atom. The van der Waals surface area contributed by atoms with Crippen molar-refractivity contribution >= 4 is 44.5 Å². The minimum absolute atomic E-state index is 0.0332. The maximum absolute atomic E-state index is 13.5. The molecule has 2 atom stereocenters. The number of anilines is 1. The van der Waals surface area contributed by atoms with E-state index in [0.717, 1.165) is 45.6 Å². The van der Waals surface area contributed by atoms with Crippen LogP contribution in [-0.4, -0.2) is 67.2 Å². The second-order valence-corrected chi connectivity index (χ2v) is 12.2. The summed E-state index contributed by atoms with van der Waals surface area (Å²) in [5.74, 6) is -2.77. The van der Waals surface area contributed by atoms with Crippen LogP contribution in [0.25, 0.3) is 11.0 Å². The van der Waals surface area contributed by atoms with E-state index in [0.29, 0.717) is 0 Å². The SMILES string of the molecule is CC(C)N1C(=O)C(CNC(=O)[C@@H]2CCN2S(=O)(=O)c2cc3cc(F)ccc3o2)CN(c2ccc(C(F)(F)F)cc2)C1=O. The van der Waals surface area contributed by atoms with Gasteiger partial charge in [-0.3, -0.25) is 19.4 Å². The first-order chi connectivity index (χ1) is 19.7. The molecule has 10 nitrogen and oxygen atoms in total. The molecule has 2 aliphatic rings. The summed E-state index contributed by atoms with van der Waals surface area (Å²) >= 11 is 0. The number of amides is 4. The highest BCUT2D eigenvalue weighted by Gasteiger charge is 2.46. The zero-order valence-corrected chi connectivity index (χ0v) is 23.2. The number of imide groups is 1. The van der Waals surface area contributed by atoms with Crippen LogP contribution in [0, 0.1) is 11.7 Å². The number of fused-ring (bicyclic) bond motifs is 1. The summed E-state index contributed by atoms with van der Waals surface area (Å²) in [6, 6.07) is 6.28. The van der Waals surface area contributed by atoms with Crippen LogP contribution in [0.1, 0.15) is 25.8 Å². The molecule has 1 aromatic heterocycles. The molecule has 0 radical (unpaired) electrons. The van der Waals surface area contributed by atoms with Gasteiger partial charge >= 0.3 is 12.2 Å². The van der Waals surface area contributed by atoms with Gasteiger partial charge in [-0.2, -0.15) is 17.5 Å².